The topological polar surface area (TPSA) is 56.0 Å². The lowest BCUT2D eigenvalue weighted by Gasteiger charge is -2.25. The molecule has 0 saturated carbocycles. The van der Waals surface area contributed by atoms with Crippen molar-refractivity contribution in [1.82, 2.24) is 24.5 Å². The lowest BCUT2D eigenvalue weighted by Crippen LogP contribution is -2.32. The monoisotopic (exact) mass is 567 g/mol. The molecule has 1 saturated heterocycles. The van der Waals surface area contributed by atoms with Crippen molar-refractivity contribution < 1.29 is 31.1 Å². The Morgan fingerprint density at radius 3 is 2.21 bits per heavy atom. The molecule has 204 valence electrons. The van der Waals surface area contributed by atoms with E-state index in [-0.39, 0.29) is 29.2 Å². The van der Waals surface area contributed by atoms with Crippen molar-refractivity contribution in [2.45, 2.75) is 37.8 Å². The van der Waals surface area contributed by atoms with Gasteiger partial charge in [-0.25, -0.2) is 4.68 Å². The Balaban J connectivity index is 1.55. The van der Waals surface area contributed by atoms with Crippen molar-refractivity contribution >= 4 is 17.5 Å². The summed E-state index contributed by atoms with van der Waals surface area (Å²) in [5.41, 5.74) is -2.50. The van der Waals surface area contributed by atoms with Crippen LogP contribution in [0, 0.1) is 0 Å². The molecule has 1 unspecified atom stereocenters. The van der Waals surface area contributed by atoms with E-state index < -0.39 is 35.9 Å². The number of halogens is 7. The molecule has 0 N–H and O–H groups in total. The summed E-state index contributed by atoms with van der Waals surface area (Å²) < 4.78 is 83.0. The number of hydrogen-bond donors (Lipinski definition) is 0. The second kappa shape index (κ2) is 10.1. The van der Waals surface area contributed by atoms with Gasteiger partial charge in [-0.05, 0) is 60.4 Å². The van der Waals surface area contributed by atoms with Crippen molar-refractivity contribution in [3.8, 4) is 5.82 Å². The molecule has 1 aliphatic rings. The highest BCUT2D eigenvalue weighted by Crippen LogP contribution is 2.38. The first kappa shape index (κ1) is 26.8. The first-order chi connectivity index (χ1) is 18.4. The van der Waals surface area contributed by atoms with Gasteiger partial charge in [0.2, 0.25) is 0 Å². The van der Waals surface area contributed by atoms with Crippen LogP contribution in [0.1, 0.15) is 51.6 Å². The quantitative estimate of drug-likeness (QED) is 0.250. The normalized spacial score (nSPS) is 16.2. The molecule has 0 radical (unpaired) electrons. The predicted molar refractivity (Wildman–Crippen MR) is 129 cm³/mol. The first-order valence-electron chi connectivity index (χ1n) is 11.8. The molecule has 1 amide bonds. The van der Waals surface area contributed by atoms with Crippen LogP contribution in [0.5, 0.6) is 0 Å². The van der Waals surface area contributed by atoms with E-state index in [1.807, 2.05) is 12.1 Å². The molecule has 0 aliphatic carbocycles. The number of carbonyl (C=O) groups is 1. The van der Waals surface area contributed by atoms with Crippen LogP contribution < -0.4 is 0 Å². The summed E-state index contributed by atoms with van der Waals surface area (Å²) in [6.45, 7) is -0.0794. The van der Waals surface area contributed by atoms with Gasteiger partial charge in [0.05, 0.1) is 23.7 Å². The van der Waals surface area contributed by atoms with E-state index in [9.17, 15) is 31.1 Å². The molecule has 39 heavy (non-hydrogen) atoms. The van der Waals surface area contributed by atoms with E-state index in [1.165, 1.54) is 4.57 Å². The van der Waals surface area contributed by atoms with E-state index in [0.29, 0.717) is 36.5 Å². The minimum Gasteiger partial charge on any atom is -0.330 e. The fourth-order valence-electron chi connectivity index (χ4n) is 4.78. The van der Waals surface area contributed by atoms with Crippen LogP contribution in [0.25, 0.3) is 5.82 Å². The molecule has 0 bridgehead atoms. The fraction of sp³-hybridized carbons (Fsp3) is 0.269. The Labute approximate surface area is 223 Å². The van der Waals surface area contributed by atoms with Crippen LogP contribution in [0.4, 0.5) is 26.3 Å². The van der Waals surface area contributed by atoms with Crippen molar-refractivity contribution in [3.63, 3.8) is 0 Å². The summed E-state index contributed by atoms with van der Waals surface area (Å²) in [5.74, 6) is -0.367. The molecule has 2 aromatic heterocycles. The maximum atomic E-state index is 13.8. The third-order valence-corrected chi connectivity index (χ3v) is 6.86. The Hall–Kier alpha value is -3.80. The SMILES string of the molecule is O=C(c1nnn(Cc2cc(C(F)(F)F)cc(C(F)(F)F)c2)c1-n1cccc1)N1CCCC1c1ccccc1Cl. The van der Waals surface area contributed by atoms with E-state index in [4.69, 9.17) is 11.6 Å². The summed E-state index contributed by atoms with van der Waals surface area (Å²) in [6, 6.07) is 11.4. The molecular weight excluding hydrogens is 548 g/mol. The van der Waals surface area contributed by atoms with Crippen molar-refractivity contribution in [2.24, 2.45) is 0 Å². The summed E-state index contributed by atoms with van der Waals surface area (Å²) in [5, 5.41) is 8.50. The number of aromatic nitrogens is 4. The third kappa shape index (κ3) is 5.38. The zero-order chi connectivity index (χ0) is 27.9. The second-order valence-corrected chi connectivity index (χ2v) is 9.51. The third-order valence-electron chi connectivity index (χ3n) is 6.52. The highest BCUT2D eigenvalue weighted by atomic mass is 35.5. The predicted octanol–water partition coefficient (Wildman–Crippen LogP) is 6.79. The van der Waals surface area contributed by atoms with E-state index in [2.05, 4.69) is 10.3 Å². The molecule has 4 aromatic rings. The maximum Gasteiger partial charge on any atom is 0.416 e. The van der Waals surface area contributed by atoms with Crippen molar-refractivity contribution in [1.29, 1.82) is 0 Å². The van der Waals surface area contributed by atoms with Crippen LogP contribution >= 0.6 is 11.6 Å². The van der Waals surface area contributed by atoms with Crippen LogP contribution in [-0.2, 0) is 18.9 Å². The van der Waals surface area contributed by atoms with Gasteiger partial charge >= 0.3 is 12.4 Å². The summed E-state index contributed by atoms with van der Waals surface area (Å²) >= 11 is 6.38. The average Bonchev–Trinajstić information content (AvgIpc) is 3.63. The molecule has 13 heteroatoms. The highest BCUT2D eigenvalue weighted by Gasteiger charge is 2.38. The molecule has 5 rings (SSSR count). The van der Waals surface area contributed by atoms with Gasteiger partial charge in [0, 0.05) is 24.0 Å². The van der Waals surface area contributed by atoms with Gasteiger partial charge in [0.15, 0.2) is 11.5 Å². The number of alkyl halides is 6. The molecule has 0 spiro atoms. The van der Waals surface area contributed by atoms with Gasteiger partial charge in [-0.15, -0.1) is 5.10 Å². The number of carbonyl (C=O) groups excluding carboxylic acids is 1. The smallest absolute Gasteiger partial charge is 0.330 e. The summed E-state index contributed by atoms with van der Waals surface area (Å²) in [7, 11) is 0. The van der Waals surface area contributed by atoms with Crippen LogP contribution in [0.3, 0.4) is 0 Å². The Morgan fingerprint density at radius 2 is 1.59 bits per heavy atom. The van der Waals surface area contributed by atoms with Gasteiger partial charge in [-0.1, -0.05) is 35.0 Å². The Morgan fingerprint density at radius 1 is 0.949 bits per heavy atom. The first-order valence-corrected chi connectivity index (χ1v) is 12.2. The van der Waals surface area contributed by atoms with E-state index in [1.54, 1.807) is 41.6 Å². The van der Waals surface area contributed by atoms with Crippen LogP contribution in [0.15, 0.2) is 67.0 Å². The van der Waals surface area contributed by atoms with Gasteiger partial charge in [-0.3, -0.25) is 4.79 Å². The largest absolute Gasteiger partial charge is 0.416 e. The highest BCUT2D eigenvalue weighted by molar-refractivity contribution is 6.31. The molecule has 3 heterocycles. The van der Waals surface area contributed by atoms with Gasteiger partial charge in [0.25, 0.3) is 5.91 Å². The lowest BCUT2D eigenvalue weighted by molar-refractivity contribution is -0.143. The number of rotatable bonds is 5. The van der Waals surface area contributed by atoms with E-state index >= 15 is 0 Å². The van der Waals surface area contributed by atoms with Gasteiger partial charge < -0.3 is 9.47 Å². The number of hydrogen-bond acceptors (Lipinski definition) is 3. The molecule has 1 atom stereocenters. The van der Waals surface area contributed by atoms with Crippen molar-refractivity contribution in [2.75, 3.05) is 6.54 Å². The average molecular weight is 568 g/mol. The molecule has 1 aliphatic heterocycles. The van der Waals surface area contributed by atoms with Crippen molar-refractivity contribution in [3.05, 3.63) is 100.0 Å². The van der Waals surface area contributed by atoms with E-state index in [0.717, 1.165) is 10.2 Å². The number of likely N-dealkylation sites (tertiary alicyclic amines) is 1. The zero-order valence-electron chi connectivity index (χ0n) is 20.0. The summed E-state index contributed by atoms with van der Waals surface area (Å²) in [4.78, 5) is 15.4. The second-order valence-electron chi connectivity index (χ2n) is 9.10. The maximum absolute atomic E-state index is 13.8. The number of benzene rings is 2. The Bertz CT molecular complexity index is 1460. The molecular formula is C26H20ClF6N5O. The molecule has 1 fully saturated rings. The minimum atomic E-state index is -4.99. The molecule has 6 nitrogen and oxygen atoms in total. The molecule has 2 aromatic carbocycles. The lowest BCUT2D eigenvalue weighted by atomic mass is 10.0. The van der Waals surface area contributed by atoms with Gasteiger partial charge in [-0.2, -0.15) is 26.3 Å². The minimum absolute atomic E-state index is 0.0644. The zero-order valence-corrected chi connectivity index (χ0v) is 20.8. The standard InChI is InChI=1S/C26H20ClF6N5O/c27-20-7-2-1-6-19(20)21-8-5-11-37(21)24(39)22-23(36-9-3-4-10-36)38(35-34-22)15-16-12-17(25(28,29)30)14-18(13-16)26(31,32)33/h1-4,6-7,9-10,12-14,21H,5,8,11,15H2. The Kier molecular flexibility index (Phi) is 6.91. The number of amides is 1. The summed E-state index contributed by atoms with van der Waals surface area (Å²) in [6.07, 6.45) is -5.46. The van der Waals surface area contributed by atoms with Crippen LogP contribution in [-0.4, -0.2) is 36.9 Å². The van der Waals surface area contributed by atoms with Crippen LogP contribution in [0.2, 0.25) is 5.02 Å². The number of nitrogens with zero attached hydrogens (tertiary/aromatic N) is 5. The van der Waals surface area contributed by atoms with Gasteiger partial charge in [0.1, 0.15) is 0 Å². The fourth-order valence-corrected chi connectivity index (χ4v) is 5.04.